The smallest absolute Gasteiger partial charge is 0.384 e. The molecular weight excluding hydrogens is 154 g/mol. The van der Waals surface area contributed by atoms with Gasteiger partial charge in [0.2, 0.25) is 0 Å². The maximum absolute atomic E-state index is 10.7. The molecule has 3 heteroatoms. The van der Waals surface area contributed by atoms with E-state index in [1.54, 1.807) is 0 Å². The first-order valence-electron chi connectivity index (χ1n) is 3.68. The van der Waals surface area contributed by atoms with E-state index in [0.717, 1.165) is 0 Å². The fourth-order valence-electron chi connectivity index (χ4n) is 0.367. The highest BCUT2D eigenvalue weighted by atomic mass is 16.5. The summed E-state index contributed by atoms with van der Waals surface area (Å²) in [4.78, 5) is 12.6. The van der Waals surface area contributed by atoms with E-state index >= 15 is 0 Å². The van der Waals surface area contributed by atoms with Gasteiger partial charge in [0.05, 0.1) is 12.6 Å². The Hall–Kier alpha value is -1.01. The van der Waals surface area contributed by atoms with Crippen LogP contribution < -0.4 is 0 Å². The summed E-state index contributed by atoms with van der Waals surface area (Å²) < 4.78 is 4.39. The van der Waals surface area contributed by atoms with Crippen LogP contribution in [0.2, 0.25) is 0 Å². The second kappa shape index (κ2) is 4.13. The molecule has 12 heavy (non-hydrogen) atoms. The molecule has 0 amide bonds. The molecule has 0 saturated carbocycles. The standard InChI is InChI=1S/C9H15NO2/c1-9(2,10(3)4)7-6-8(11)12-5/h1-5H3. The molecule has 0 aromatic carbocycles. The van der Waals surface area contributed by atoms with Crippen LogP contribution in [-0.2, 0) is 9.53 Å². The van der Waals surface area contributed by atoms with Crippen molar-refractivity contribution in [1.29, 1.82) is 0 Å². The first kappa shape index (κ1) is 11.0. The number of rotatable bonds is 1. The minimum atomic E-state index is -0.495. The zero-order valence-corrected chi connectivity index (χ0v) is 8.26. The quantitative estimate of drug-likeness (QED) is 0.325. The Morgan fingerprint density at radius 1 is 1.42 bits per heavy atom. The molecule has 0 aliphatic heterocycles. The summed E-state index contributed by atoms with van der Waals surface area (Å²) in [5.74, 6) is 4.72. The number of esters is 1. The lowest BCUT2D eigenvalue weighted by atomic mass is 10.1. The van der Waals surface area contributed by atoms with Gasteiger partial charge in [-0.1, -0.05) is 5.92 Å². The fraction of sp³-hybridized carbons (Fsp3) is 0.667. The zero-order chi connectivity index (χ0) is 9.78. The van der Waals surface area contributed by atoms with Gasteiger partial charge in [0.15, 0.2) is 0 Å². The SMILES string of the molecule is COC(=O)C#CC(C)(C)N(C)C. The summed E-state index contributed by atoms with van der Waals surface area (Å²) in [5.41, 5.74) is -0.297. The number of ether oxygens (including phenoxy) is 1. The van der Waals surface area contributed by atoms with Crippen molar-refractivity contribution in [3.8, 4) is 11.8 Å². The number of hydrogen-bond donors (Lipinski definition) is 0. The number of hydrogen-bond acceptors (Lipinski definition) is 3. The van der Waals surface area contributed by atoms with Crippen LogP contribution in [0.5, 0.6) is 0 Å². The van der Waals surface area contributed by atoms with E-state index in [1.165, 1.54) is 7.11 Å². The monoisotopic (exact) mass is 169 g/mol. The highest BCUT2D eigenvalue weighted by Gasteiger charge is 2.16. The van der Waals surface area contributed by atoms with Crippen molar-refractivity contribution < 1.29 is 9.53 Å². The Labute approximate surface area is 73.7 Å². The van der Waals surface area contributed by atoms with Crippen molar-refractivity contribution in [3.63, 3.8) is 0 Å². The second-order valence-corrected chi connectivity index (χ2v) is 3.20. The minimum absolute atomic E-state index is 0.297. The molecule has 0 fully saturated rings. The van der Waals surface area contributed by atoms with Gasteiger partial charge in [0.1, 0.15) is 0 Å². The van der Waals surface area contributed by atoms with Crippen molar-refractivity contribution in [2.75, 3.05) is 21.2 Å². The molecular formula is C9H15NO2. The van der Waals surface area contributed by atoms with E-state index in [0.29, 0.717) is 0 Å². The lowest BCUT2D eigenvalue weighted by Crippen LogP contribution is -2.36. The minimum Gasteiger partial charge on any atom is -0.459 e. The molecule has 0 heterocycles. The van der Waals surface area contributed by atoms with E-state index in [-0.39, 0.29) is 5.54 Å². The van der Waals surface area contributed by atoms with Gasteiger partial charge in [-0.05, 0) is 27.9 Å². The molecule has 0 rings (SSSR count). The predicted octanol–water partition coefficient (Wildman–Crippen LogP) is 0.503. The molecule has 0 N–H and O–H groups in total. The topological polar surface area (TPSA) is 29.5 Å². The molecule has 0 atom stereocenters. The summed E-state index contributed by atoms with van der Waals surface area (Å²) in [6.45, 7) is 3.87. The van der Waals surface area contributed by atoms with Crippen LogP contribution in [0.25, 0.3) is 0 Å². The highest BCUT2D eigenvalue weighted by molar-refractivity contribution is 5.88. The van der Waals surface area contributed by atoms with Crippen LogP contribution in [0.3, 0.4) is 0 Å². The molecule has 0 aliphatic carbocycles. The molecule has 0 aromatic heterocycles. The highest BCUT2D eigenvalue weighted by Crippen LogP contribution is 2.06. The average Bonchev–Trinajstić information content (AvgIpc) is 2.00. The molecule has 0 spiro atoms. The third-order valence-corrected chi connectivity index (χ3v) is 1.77. The zero-order valence-electron chi connectivity index (χ0n) is 8.26. The van der Waals surface area contributed by atoms with Crippen LogP contribution >= 0.6 is 0 Å². The molecule has 0 aromatic rings. The van der Waals surface area contributed by atoms with Gasteiger partial charge >= 0.3 is 5.97 Å². The molecule has 0 bridgehead atoms. The number of carbonyl (C=O) groups is 1. The Kier molecular flexibility index (Phi) is 3.78. The van der Waals surface area contributed by atoms with Crippen molar-refractivity contribution in [2.24, 2.45) is 0 Å². The molecule has 0 aliphatic rings. The summed E-state index contributed by atoms with van der Waals surface area (Å²) in [7, 11) is 5.14. The van der Waals surface area contributed by atoms with Gasteiger partial charge in [-0.2, -0.15) is 0 Å². The van der Waals surface area contributed by atoms with Gasteiger partial charge in [-0.3, -0.25) is 4.90 Å². The van der Waals surface area contributed by atoms with Gasteiger partial charge in [-0.25, -0.2) is 4.79 Å². The third-order valence-electron chi connectivity index (χ3n) is 1.77. The summed E-state index contributed by atoms with van der Waals surface area (Å²) in [5, 5.41) is 0. The molecule has 68 valence electrons. The van der Waals surface area contributed by atoms with Crippen molar-refractivity contribution in [2.45, 2.75) is 19.4 Å². The maximum Gasteiger partial charge on any atom is 0.384 e. The Morgan fingerprint density at radius 3 is 2.25 bits per heavy atom. The molecule has 0 radical (unpaired) electrons. The van der Waals surface area contributed by atoms with Crippen LogP contribution in [0.1, 0.15) is 13.8 Å². The lowest BCUT2D eigenvalue weighted by molar-refractivity contribution is -0.133. The number of methoxy groups -OCH3 is 1. The maximum atomic E-state index is 10.7. The van der Waals surface area contributed by atoms with Crippen LogP contribution in [0.15, 0.2) is 0 Å². The summed E-state index contributed by atoms with van der Waals surface area (Å²) in [6.07, 6.45) is 0. The Bertz CT molecular complexity index is 220. The summed E-state index contributed by atoms with van der Waals surface area (Å²) in [6, 6.07) is 0. The average molecular weight is 169 g/mol. The van der Waals surface area contributed by atoms with Crippen LogP contribution in [0, 0.1) is 11.8 Å². The molecule has 0 saturated heterocycles. The number of carbonyl (C=O) groups excluding carboxylic acids is 1. The molecule has 0 unspecified atom stereocenters. The second-order valence-electron chi connectivity index (χ2n) is 3.20. The molecule has 3 nitrogen and oxygen atoms in total. The lowest BCUT2D eigenvalue weighted by Gasteiger charge is -2.26. The van der Waals surface area contributed by atoms with Gasteiger partial charge < -0.3 is 4.74 Å². The van der Waals surface area contributed by atoms with Crippen LogP contribution in [-0.4, -0.2) is 37.6 Å². The predicted molar refractivity (Wildman–Crippen MR) is 47.6 cm³/mol. The van der Waals surface area contributed by atoms with E-state index in [9.17, 15) is 4.79 Å². The fourth-order valence-corrected chi connectivity index (χ4v) is 0.367. The Morgan fingerprint density at radius 2 is 1.92 bits per heavy atom. The van der Waals surface area contributed by atoms with Crippen molar-refractivity contribution in [1.82, 2.24) is 4.90 Å². The van der Waals surface area contributed by atoms with Gasteiger partial charge in [0.25, 0.3) is 0 Å². The van der Waals surface area contributed by atoms with Gasteiger partial charge in [0, 0.05) is 5.92 Å². The first-order valence-corrected chi connectivity index (χ1v) is 3.68. The van der Waals surface area contributed by atoms with Crippen molar-refractivity contribution in [3.05, 3.63) is 0 Å². The normalized spacial score (nSPS) is 10.5. The van der Waals surface area contributed by atoms with Gasteiger partial charge in [-0.15, -0.1) is 0 Å². The first-order chi connectivity index (χ1) is 5.40. The Balaban J connectivity index is 4.38. The van der Waals surface area contributed by atoms with E-state index in [1.807, 2.05) is 32.8 Å². The van der Waals surface area contributed by atoms with E-state index < -0.39 is 5.97 Å². The third kappa shape index (κ3) is 3.40. The van der Waals surface area contributed by atoms with E-state index in [4.69, 9.17) is 0 Å². The summed E-state index contributed by atoms with van der Waals surface area (Å²) >= 11 is 0. The largest absolute Gasteiger partial charge is 0.459 e. The van der Waals surface area contributed by atoms with Crippen LogP contribution in [0.4, 0.5) is 0 Å². The number of nitrogens with zero attached hydrogens (tertiary/aromatic N) is 1. The van der Waals surface area contributed by atoms with Crippen molar-refractivity contribution >= 4 is 5.97 Å². The van der Waals surface area contributed by atoms with E-state index in [2.05, 4.69) is 16.6 Å².